The Morgan fingerprint density at radius 1 is 1.04 bits per heavy atom. The van der Waals surface area contributed by atoms with Crippen molar-refractivity contribution < 1.29 is 9.90 Å². The molecule has 0 aromatic heterocycles. The van der Waals surface area contributed by atoms with Crippen LogP contribution in [-0.2, 0) is 5.60 Å². The molecule has 0 fully saturated rings. The lowest BCUT2D eigenvalue weighted by molar-refractivity contribution is 0.0640. The molecule has 23 heavy (non-hydrogen) atoms. The predicted molar refractivity (Wildman–Crippen MR) is 93.4 cm³/mol. The van der Waals surface area contributed by atoms with Crippen LogP contribution in [0.1, 0.15) is 47.7 Å². The van der Waals surface area contributed by atoms with Gasteiger partial charge in [0.1, 0.15) is 5.60 Å². The Hall–Kier alpha value is -2.13. The molecule has 0 spiro atoms. The minimum Gasteiger partial charge on any atom is -0.380 e. The van der Waals surface area contributed by atoms with Crippen LogP contribution in [0.2, 0.25) is 0 Å². The molecule has 0 saturated carbocycles. The highest BCUT2D eigenvalue weighted by Crippen LogP contribution is 2.36. The van der Waals surface area contributed by atoms with E-state index in [1.54, 1.807) is 25.1 Å². The summed E-state index contributed by atoms with van der Waals surface area (Å²) in [6, 6.07) is 17.0. The molecule has 0 bridgehead atoms. The second-order valence-corrected chi connectivity index (χ2v) is 6.08. The lowest BCUT2D eigenvalue weighted by Crippen LogP contribution is -2.32. The molecular weight excluding hydrogens is 286 g/mol. The average Bonchev–Trinajstić information content (AvgIpc) is 2.59. The van der Waals surface area contributed by atoms with Gasteiger partial charge in [-0.05, 0) is 18.1 Å². The van der Waals surface area contributed by atoms with E-state index >= 15 is 0 Å². The quantitative estimate of drug-likeness (QED) is 0.881. The SMILES string of the molecule is CCCCC(O)(c1ccccc1)c1ccccc1C(=O)N(C)C. The fourth-order valence-electron chi connectivity index (χ4n) is 2.85. The molecule has 2 aromatic carbocycles. The first-order chi connectivity index (χ1) is 11.0. The van der Waals surface area contributed by atoms with Crippen LogP contribution in [0.3, 0.4) is 0 Å². The molecule has 3 heteroatoms. The van der Waals surface area contributed by atoms with Gasteiger partial charge in [0.15, 0.2) is 0 Å². The number of amides is 1. The number of carbonyl (C=O) groups is 1. The average molecular weight is 311 g/mol. The van der Waals surface area contributed by atoms with Crippen LogP contribution in [0.5, 0.6) is 0 Å². The smallest absolute Gasteiger partial charge is 0.253 e. The van der Waals surface area contributed by atoms with Gasteiger partial charge in [-0.15, -0.1) is 0 Å². The van der Waals surface area contributed by atoms with Crippen LogP contribution in [0.4, 0.5) is 0 Å². The van der Waals surface area contributed by atoms with E-state index in [9.17, 15) is 9.90 Å². The molecule has 0 aliphatic rings. The van der Waals surface area contributed by atoms with Crippen molar-refractivity contribution in [3.05, 3.63) is 71.3 Å². The zero-order valence-electron chi connectivity index (χ0n) is 14.1. The normalized spacial score (nSPS) is 13.4. The maximum atomic E-state index is 12.5. The Morgan fingerprint density at radius 2 is 1.65 bits per heavy atom. The van der Waals surface area contributed by atoms with Gasteiger partial charge >= 0.3 is 0 Å². The minimum absolute atomic E-state index is 0.0912. The molecule has 0 aliphatic heterocycles. The lowest BCUT2D eigenvalue weighted by Gasteiger charge is -2.31. The van der Waals surface area contributed by atoms with Gasteiger partial charge in [0, 0.05) is 25.2 Å². The van der Waals surface area contributed by atoms with Gasteiger partial charge in [0.25, 0.3) is 5.91 Å². The molecule has 122 valence electrons. The molecule has 0 saturated heterocycles. The number of aliphatic hydroxyl groups is 1. The molecule has 2 aromatic rings. The summed E-state index contributed by atoms with van der Waals surface area (Å²) in [4.78, 5) is 14.1. The number of unbranched alkanes of at least 4 members (excludes halogenated alkanes) is 1. The molecular formula is C20H25NO2. The van der Waals surface area contributed by atoms with Gasteiger partial charge in [-0.3, -0.25) is 4.79 Å². The molecule has 1 unspecified atom stereocenters. The topological polar surface area (TPSA) is 40.5 Å². The van der Waals surface area contributed by atoms with Gasteiger partial charge < -0.3 is 10.0 Å². The third-order valence-electron chi connectivity index (χ3n) is 4.15. The third-order valence-corrected chi connectivity index (χ3v) is 4.15. The fraction of sp³-hybridized carbons (Fsp3) is 0.350. The summed E-state index contributed by atoms with van der Waals surface area (Å²) < 4.78 is 0. The first-order valence-electron chi connectivity index (χ1n) is 8.09. The Morgan fingerprint density at radius 3 is 2.26 bits per heavy atom. The Labute approximate surface area is 138 Å². The number of hydrogen-bond donors (Lipinski definition) is 1. The van der Waals surface area contributed by atoms with E-state index in [4.69, 9.17) is 0 Å². The second-order valence-electron chi connectivity index (χ2n) is 6.08. The molecule has 1 atom stereocenters. The summed E-state index contributed by atoms with van der Waals surface area (Å²) in [6.07, 6.45) is 2.46. The van der Waals surface area contributed by atoms with E-state index in [2.05, 4.69) is 6.92 Å². The maximum absolute atomic E-state index is 12.5. The summed E-state index contributed by atoms with van der Waals surface area (Å²) in [5.41, 5.74) is 0.908. The van der Waals surface area contributed by atoms with Crippen molar-refractivity contribution >= 4 is 5.91 Å². The molecule has 1 N–H and O–H groups in total. The molecule has 0 heterocycles. The van der Waals surface area contributed by atoms with Crippen LogP contribution in [-0.4, -0.2) is 30.0 Å². The Bertz CT molecular complexity index is 652. The van der Waals surface area contributed by atoms with Crippen molar-refractivity contribution in [2.75, 3.05) is 14.1 Å². The van der Waals surface area contributed by atoms with Gasteiger partial charge in [0.05, 0.1) is 0 Å². The predicted octanol–water partition coefficient (Wildman–Crippen LogP) is 3.81. The number of carbonyl (C=O) groups excluding carboxylic acids is 1. The zero-order chi connectivity index (χ0) is 16.9. The van der Waals surface area contributed by atoms with Crippen molar-refractivity contribution in [2.24, 2.45) is 0 Å². The summed E-state index contributed by atoms with van der Waals surface area (Å²) in [6.45, 7) is 2.10. The number of nitrogens with zero attached hydrogens (tertiary/aromatic N) is 1. The van der Waals surface area contributed by atoms with E-state index in [1.807, 2.05) is 48.5 Å². The first-order valence-corrected chi connectivity index (χ1v) is 8.09. The molecule has 3 nitrogen and oxygen atoms in total. The lowest BCUT2D eigenvalue weighted by atomic mass is 9.80. The van der Waals surface area contributed by atoms with Gasteiger partial charge in [-0.25, -0.2) is 0 Å². The van der Waals surface area contributed by atoms with Crippen LogP contribution < -0.4 is 0 Å². The largest absolute Gasteiger partial charge is 0.380 e. The Kier molecular flexibility index (Phi) is 5.56. The minimum atomic E-state index is -1.15. The maximum Gasteiger partial charge on any atom is 0.253 e. The van der Waals surface area contributed by atoms with E-state index in [-0.39, 0.29) is 5.91 Å². The molecule has 0 radical (unpaired) electrons. The monoisotopic (exact) mass is 311 g/mol. The molecule has 1 amide bonds. The van der Waals surface area contributed by atoms with Crippen molar-refractivity contribution in [1.29, 1.82) is 0 Å². The van der Waals surface area contributed by atoms with E-state index in [1.165, 1.54) is 0 Å². The Balaban J connectivity index is 2.59. The fourth-order valence-corrected chi connectivity index (χ4v) is 2.85. The number of hydrogen-bond acceptors (Lipinski definition) is 2. The first kappa shape index (κ1) is 17.2. The molecule has 0 aliphatic carbocycles. The van der Waals surface area contributed by atoms with E-state index in [0.29, 0.717) is 17.5 Å². The summed E-state index contributed by atoms with van der Waals surface area (Å²) in [5.74, 6) is -0.0912. The van der Waals surface area contributed by atoms with Crippen molar-refractivity contribution in [2.45, 2.75) is 31.8 Å². The third kappa shape index (κ3) is 3.62. The zero-order valence-corrected chi connectivity index (χ0v) is 14.1. The number of benzene rings is 2. The van der Waals surface area contributed by atoms with Crippen LogP contribution in [0.25, 0.3) is 0 Å². The highest BCUT2D eigenvalue weighted by atomic mass is 16.3. The molecule has 2 rings (SSSR count). The number of rotatable bonds is 6. The second kappa shape index (κ2) is 7.42. The summed E-state index contributed by atoms with van der Waals surface area (Å²) in [5, 5.41) is 11.5. The van der Waals surface area contributed by atoms with Crippen molar-refractivity contribution in [1.82, 2.24) is 4.90 Å². The van der Waals surface area contributed by atoms with Crippen LogP contribution in [0.15, 0.2) is 54.6 Å². The van der Waals surface area contributed by atoms with E-state index < -0.39 is 5.60 Å². The highest BCUT2D eigenvalue weighted by Gasteiger charge is 2.34. The van der Waals surface area contributed by atoms with Gasteiger partial charge in [-0.2, -0.15) is 0 Å². The van der Waals surface area contributed by atoms with Gasteiger partial charge in [-0.1, -0.05) is 68.3 Å². The van der Waals surface area contributed by atoms with E-state index in [0.717, 1.165) is 18.4 Å². The van der Waals surface area contributed by atoms with Crippen LogP contribution >= 0.6 is 0 Å². The van der Waals surface area contributed by atoms with Crippen molar-refractivity contribution in [3.8, 4) is 0 Å². The summed E-state index contributed by atoms with van der Waals surface area (Å²) >= 11 is 0. The standard InChI is InChI=1S/C20H25NO2/c1-4-5-15-20(23,16-11-7-6-8-12-16)18-14-10-9-13-17(18)19(22)21(2)3/h6-14,23H,4-5,15H2,1-3H3. The highest BCUT2D eigenvalue weighted by molar-refractivity contribution is 5.95. The van der Waals surface area contributed by atoms with Gasteiger partial charge in [0.2, 0.25) is 0 Å². The van der Waals surface area contributed by atoms with Crippen LogP contribution in [0, 0.1) is 0 Å². The summed E-state index contributed by atoms with van der Waals surface area (Å²) in [7, 11) is 3.46. The van der Waals surface area contributed by atoms with Crippen molar-refractivity contribution in [3.63, 3.8) is 0 Å².